The number of benzene rings is 2. The second-order valence-corrected chi connectivity index (χ2v) is 8.44. The van der Waals surface area contributed by atoms with E-state index >= 15 is 0 Å². The molecule has 0 aliphatic carbocycles. The summed E-state index contributed by atoms with van der Waals surface area (Å²) in [4.78, 5) is 18.1. The monoisotopic (exact) mass is 404 g/mol. The first-order chi connectivity index (χ1) is 14.1. The first-order valence-corrected chi connectivity index (χ1v) is 10.6. The van der Waals surface area contributed by atoms with Crippen LogP contribution in [0.1, 0.15) is 23.9 Å². The SMILES string of the molecule is CC(Cc1nc2ccccc2s1)(C(=O)NCCCn1cccn1)c1ccccc1. The normalized spacial score (nSPS) is 13.3. The van der Waals surface area contributed by atoms with Gasteiger partial charge in [-0.05, 0) is 37.1 Å². The molecular formula is C23H24N4OS. The van der Waals surface area contributed by atoms with Crippen molar-refractivity contribution in [1.82, 2.24) is 20.1 Å². The summed E-state index contributed by atoms with van der Waals surface area (Å²) in [5.41, 5.74) is 1.31. The second kappa shape index (κ2) is 8.57. The van der Waals surface area contributed by atoms with Crippen LogP contribution in [0.3, 0.4) is 0 Å². The molecule has 1 atom stereocenters. The predicted molar refractivity (Wildman–Crippen MR) is 117 cm³/mol. The van der Waals surface area contributed by atoms with E-state index in [0.29, 0.717) is 13.0 Å². The zero-order chi connectivity index (χ0) is 20.1. The standard InChI is InChI=1S/C23H24N4OS/c1-23(18-9-3-2-4-10-18,17-21-26-19-11-5-6-12-20(19)29-21)22(28)24-13-7-15-27-16-8-14-25-27/h2-6,8-12,14,16H,7,13,15,17H2,1H3,(H,24,28). The minimum Gasteiger partial charge on any atom is -0.355 e. The molecule has 2 aromatic heterocycles. The summed E-state index contributed by atoms with van der Waals surface area (Å²) in [5, 5.41) is 8.31. The molecular weight excluding hydrogens is 380 g/mol. The molecule has 0 aliphatic heterocycles. The van der Waals surface area contributed by atoms with Crippen molar-refractivity contribution in [2.75, 3.05) is 6.54 Å². The van der Waals surface area contributed by atoms with Crippen molar-refractivity contribution in [2.45, 2.75) is 31.7 Å². The van der Waals surface area contributed by atoms with Crippen molar-refractivity contribution in [3.8, 4) is 0 Å². The van der Waals surface area contributed by atoms with Crippen molar-refractivity contribution in [1.29, 1.82) is 0 Å². The average Bonchev–Trinajstić information content (AvgIpc) is 3.40. The second-order valence-electron chi connectivity index (χ2n) is 7.33. The Balaban J connectivity index is 1.51. The maximum absolute atomic E-state index is 13.3. The highest BCUT2D eigenvalue weighted by molar-refractivity contribution is 7.18. The number of hydrogen-bond acceptors (Lipinski definition) is 4. The van der Waals surface area contributed by atoms with E-state index in [9.17, 15) is 4.79 Å². The zero-order valence-corrected chi connectivity index (χ0v) is 17.2. The molecule has 148 valence electrons. The first-order valence-electron chi connectivity index (χ1n) is 9.81. The van der Waals surface area contributed by atoms with Crippen molar-refractivity contribution >= 4 is 27.5 Å². The molecule has 4 aromatic rings. The summed E-state index contributed by atoms with van der Waals surface area (Å²) in [6.07, 6.45) is 5.10. The van der Waals surface area contributed by atoms with E-state index < -0.39 is 5.41 Å². The molecule has 0 fully saturated rings. The van der Waals surface area contributed by atoms with Gasteiger partial charge in [-0.1, -0.05) is 42.5 Å². The fourth-order valence-corrected chi connectivity index (χ4v) is 4.61. The lowest BCUT2D eigenvalue weighted by molar-refractivity contribution is -0.126. The van der Waals surface area contributed by atoms with Gasteiger partial charge < -0.3 is 5.32 Å². The molecule has 1 unspecified atom stereocenters. The number of fused-ring (bicyclic) bond motifs is 1. The van der Waals surface area contributed by atoms with Crippen LogP contribution >= 0.6 is 11.3 Å². The topological polar surface area (TPSA) is 59.8 Å². The lowest BCUT2D eigenvalue weighted by Crippen LogP contribution is -2.44. The maximum atomic E-state index is 13.3. The number of carbonyl (C=O) groups excluding carboxylic acids is 1. The minimum absolute atomic E-state index is 0.0309. The molecule has 6 heteroatoms. The first kappa shape index (κ1) is 19.3. The Hall–Kier alpha value is -2.99. The van der Waals surface area contributed by atoms with Crippen LogP contribution in [0.5, 0.6) is 0 Å². The van der Waals surface area contributed by atoms with E-state index in [1.807, 2.05) is 72.4 Å². The number of amides is 1. The quantitative estimate of drug-likeness (QED) is 0.448. The number of para-hydroxylation sites is 1. The summed E-state index contributed by atoms with van der Waals surface area (Å²) in [6, 6.07) is 20.0. The van der Waals surface area contributed by atoms with Gasteiger partial charge >= 0.3 is 0 Å². The van der Waals surface area contributed by atoms with Crippen LogP contribution in [0.25, 0.3) is 10.2 Å². The zero-order valence-electron chi connectivity index (χ0n) is 16.4. The van der Waals surface area contributed by atoms with E-state index in [0.717, 1.165) is 33.8 Å². The van der Waals surface area contributed by atoms with Gasteiger partial charge in [-0.3, -0.25) is 9.48 Å². The Morgan fingerprint density at radius 2 is 1.90 bits per heavy atom. The Bertz CT molecular complexity index is 1040. The Morgan fingerprint density at radius 3 is 2.66 bits per heavy atom. The van der Waals surface area contributed by atoms with Crippen molar-refractivity contribution in [3.63, 3.8) is 0 Å². The number of carbonyl (C=O) groups is 1. The van der Waals surface area contributed by atoms with Crippen LogP contribution in [-0.4, -0.2) is 27.2 Å². The molecule has 0 spiro atoms. The molecule has 2 aromatic carbocycles. The van der Waals surface area contributed by atoms with Gasteiger partial charge in [0.25, 0.3) is 0 Å². The van der Waals surface area contributed by atoms with Crippen molar-refractivity contribution in [3.05, 3.63) is 83.6 Å². The molecule has 29 heavy (non-hydrogen) atoms. The van der Waals surface area contributed by atoms with Crippen LogP contribution in [0.2, 0.25) is 0 Å². The highest BCUT2D eigenvalue weighted by Gasteiger charge is 2.36. The molecule has 0 bridgehead atoms. The highest BCUT2D eigenvalue weighted by atomic mass is 32.1. The minimum atomic E-state index is -0.680. The third-order valence-electron chi connectivity index (χ3n) is 5.16. The van der Waals surface area contributed by atoms with Gasteiger partial charge in [0.2, 0.25) is 5.91 Å². The van der Waals surface area contributed by atoms with E-state index in [-0.39, 0.29) is 5.91 Å². The third-order valence-corrected chi connectivity index (χ3v) is 6.20. The van der Waals surface area contributed by atoms with E-state index in [2.05, 4.69) is 16.5 Å². The number of hydrogen-bond donors (Lipinski definition) is 1. The van der Waals surface area contributed by atoms with E-state index in [1.165, 1.54) is 0 Å². The van der Waals surface area contributed by atoms with Gasteiger partial charge in [-0.15, -0.1) is 11.3 Å². The number of rotatable bonds is 8. The molecule has 4 rings (SSSR count). The van der Waals surface area contributed by atoms with Gasteiger partial charge in [-0.2, -0.15) is 5.10 Å². The van der Waals surface area contributed by atoms with E-state index in [1.54, 1.807) is 17.5 Å². The van der Waals surface area contributed by atoms with Crippen molar-refractivity contribution < 1.29 is 4.79 Å². The Kier molecular flexibility index (Phi) is 5.71. The molecule has 1 N–H and O–H groups in total. The number of nitrogens with zero attached hydrogens (tertiary/aromatic N) is 3. The fourth-order valence-electron chi connectivity index (χ4n) is 3.49. The van der Waals surface area contributed by atoms with Crippen molar-refractivity contribution in [2.24, 2.45) is 0 Å². The lowest BCUT2D eigenvalue weighted by Gasteiger charge is -2.28. The van der Waals surface area contributed by atoms with Crippen LogP contribution in [0, 0.1) is 0 Å². The number of thiazole rings is 1. The van der Waals surface area contributed by atoms with Crippen LogP contribution < -0.4 is 5.32 Å². The van der Waals surface area contributed by atoms with Gasteiger partial charge in [0.15, 0.2) is 0 Å². The number of aromatic nitrogens is 3. The van der Waals surface area contributed by atoms with Crippen LogP contribution in [-0.2, 0) is 23.2 Å². The van der Waals surface area contributed by atoms with Gasteiger partial charge in [0, 0.05) is 31.9 Å². The third kappa shape index (κ3) is 4.38. The van der Waals surface area contributed by atoms with Crippen LogP contribution in [0.4, 0.5) is 0 Å². The number of nitrogens with one attached hydrogen (secondary N) is 1. The number of aryl methyl sites for hydroxylation is 1. The summed E-state index contributed by atoms with van der Waals surface area (Å²) in [5.74, 6) is 0.0309. The Labute approximate surface area is 174 Å². The Morgan fingerprint density at radius 1 is 1.10 bits per heavy atom. The van der Waals surface area contributed by atoms with E-state index in [4.69, 9.17) is 4.98 Å². The lowest BCUT2D eigenvalue weighted by atomic mass is 9.78. The summed E-state index contributed by atoms with van der Waals surface area (Å²) in [6.45, 7) is 3.41. The van der Waals surface area contributed by atoms with Crippen LogP contribution in [0.15, 0.2) is 73.1 Å². The van der Waals surface area contributed by atoms with Gasteiger partial charge in [0.05, 0.1) is 20.6 Å². The molecule has 5 nitrogen and oxygen atoms in total. The predicted octanol–water partition coefficient (Wildman–Crippen LogP) is 4.20. The summed E-state index contributed by atoms with van der Waals surface area (Å²) in [7, 11) is 0. The molecule has 2 heterocycles. The molecule has 0 aliphatic rings. The summed E-state index contributed by atoms with van der Waals surface area (Å²) >= 11 is 1.66. The smallest absolute Gasteiger partial charge is 0.230 e. The van der Waals surface area contributed by atoms with Gasteiger partial charge in [0.1, 0.15) is 0 Å². The molecule has 0 saturated heterocycles. The molecule has 0 saturated carbocycles. The largest absolute Gasteiger partial charge is 0.355 e. The summed E-state index contributed by atoms with van der Waals surface area (Å²) < 4.78 is 3.03. The molecule has 0 radical (unpaired) electrons. The fraction of sp³-hybridized carbons (Fsp3) is 0.261. The van der Waals surface area contributed by atoms with Gasteiger partial charge in [-0.25, -0.2) is 4.98 Å². The average molecular weight is 405 g/mol. The molecule has 1 amide bonds. The highest BCUT2D eigenvalue weighted by Crippen LogP contribution is 2.32. The maximum Gasteiger partial charge on any atom is 0.230 e.